The van der Waals surface area contributed by atoms with Crippen LogP contribution in [0.25, 0.3) is 32.7 Å². The molecule has 0 heterocycles. The van der Waals surface area contributed by atoms with Crippen LogP contribution in [0.4, 0.5) is 0 Å². The van der Waals surface area contributed by atoms with E-state index in [2.05, 4.69) is 94.4 Å². The van der Waals surface area contributed by atoms with E-state index in [0.717, 1.165) is 12.3 Å². The van der Waals surface area contributed by atoms with Gasteiger partial charge in [-0.05, 0) is 64.4 Å². The Morgan fingerprint density at radius 3 is 2.07 bits per heavy atom. The second-order valence-corrected chi connectivity index (χ2v) is 8.93. The minimum Gasteiger partial charge on any atom is -0.0654 e. The summed E-state index contributed by atoms with van der Waals surface area (Å²) in [6.45, 7) is 9.05. The molecule has 0 aliphatic rings. The predicted octanol–water partition coefficient (Wildman–Crippen LogP) is 9.04. The van der Waals surface area contributed by atoms with Crippen molar-refractivity contribution in [2.24, 2.45) is 5.92 Å². The van der Waals surface area contributed by atoms with Crippen molar-refractivity contribution in [1.82, 2.24) is 0 Å². The van der Waals surface area contributed by atoms with E-state index < -0.39 is 0 Å². The average Bonchev–Trinajstić information content (AvgIpc) is 2.77. The van der Waals surface area contributed by atoms with E-state index >= 15 is 0 Å². The van der Waals surface area contributed by atoms with Crippen molar-refractivity contribution >= 4 is 21.5 Å². The Labute approximate surface area is 182 Å². The molecule has 4 aromatic rings. The third kappa shape index (κ3) is 4.01. The number of benzene rings is 4. The number of unbranched alkanes of at least 4 members (excludes halogenated alkanes) is 1. The first-order chi connectivity index (χ1) is 14.6. The van der Waals surface area contributed by atoms with Gasteiger partial charge in [-0.15, -0.1) is 0 Å². The molecule has 0 spiro atoms. The maximum Gasteiger partial charge on any atom is -0.00667 e. The molecular weight excluding hydrogens is 360 g/mol. The van der Waals surface area contributed by atoms with Crippen LogP contribution in [-0.2, 0) is 6.42 Å². The second kappa shape index (κ2) is 9.04. The van der Waals surface area contributed by atoms with Crippen LogP contribution in [0.1, 0.15) is 56.2 Å². The number of hydrogen-bond donors (Lipinski definition) is 0. The molecule has 0 bridgehead atoms. The molecule has 0 amide bonds. The van der Waals surface area contributed by atoms with Crippen LogP contribution >= 0.6 is 0 Å². The molecule has 0 nitrogen and oxygen atoms in total. The van der Waals surface area contributed by atoms with Crippen LogP contribution in [-0.4, -0.2) is 0 Å². The Kier molecular flexibility index (Phi) is 6.23. The summed E-state index contributed by atoms with van der Waals surface area (Å²) in [4.78, 5) is 0. The maximum atomic E-state index is 2.40. The Morgan fingerprint density at radius 2 is 1.37 bits per heavy atom. The number of hydrogen-bond acceptors (Lipinski definition) is 0. The first-order valence-corrected chi connectivity index (χ1v) is 11.6. The lowest BCUT2D eigenvalue weighted by Gasteiger charge is -2.22. The Bertz CT molecular complexity index is 1150. The Hall–Kier alpha value is -2.60. The van der Waals surface area contributed by atoms with Crippen molar-refractivity contribution < 1.29 is 0 Å². The predicted molar refractivity (Wildman–Crippen MR) is 133 cm³/mol. The van der Waals surface area contributed by atoms with Crippen LogP contribution in [0.15, 0.2) is 66.7 Å². The van der Waals surface area contributed by atoms with Gasteiger partial charge < -0.3 is 0 Å². The van der Waals surface area contributed by atoms with E-state index in [1.807, 2.05) is 0 Å². The van der Waals surface area contributed by atoms with Crippen LogP contribution < -0.4 is 0 Å². The van der Waals surface area contributed by atoms with Crippen molar-refractivity contribution in [1.29, 1.82) is 0 Å². The van der Waals surface area contributed by atoms with Gasteiger partial charge in [-0.2, -0.15) is 0 Å². The quantitative estimate of drug-likeness (QED) is 0.274. The van der Waals surface area contributed by atoms with Gasteiger partial charge in [0.1, 0.15) is 0 Å². The molecule has 0 radical (unpaired) electrons. The van der Waals surface area contributed by atoms with E-state index in [1.165, 1.54) is 75.0 Å². The average molecular weight is 395 g/mol. The highest BCUT2D eigenvalue weighted by molar-refractivity contribution is 6.16. The van der Waals surface area contributed by atoms with Gasteiger partial charge in [0.2, 0.25) is 0 Å². The molecular formula is C30H34. The molecule has 0 heteroatoms. The molecule has 154 valence electrons. The highest BCUT2D eigenvalue weighted by Crippen LogP contribution is 2.41. The smallest absolute Gasteiger partial charge is 0.00667 e. The Balaban J connectivity index is 2.05. The minimum absolute atomic E-state index is 0.736. The highest BCUT2D eigenvalue weighted by Gasteiger charge is 2.19. The van der Waals surface area contributed by atoms with E-state index in [1.54, 1.807) is 0 Å². The van der Waals surface area contributed by atoms with Gasteiger partial charge in [-0.3, -0.25) is 0 Å². The molecule has 0 fully saturated rings. The zero-order valence-electron chi connectivity index (χ0n) is 19.0. The third-order valence-corrected chi connectivity index (χ3v) is 6.66. The third-order valence-electron chi connectivity index (χ3n) is 6.66. The van der Waals surface area contributed by atoms with E-state index in [-0.39, 0.29) is 0 Å². The summed E-state index contributed by atoms with van der Waals surface area (Å²) in [5.41, 5.74) is 6.98. The fourth-order valence-corrected chi connectivity index (χ4v) is 4.87. The molecule has 0 aromatic heterocycles. The van der Waals surface area contributed by atoms with Gasteiger partial charge in [0.15, 0.2) is 0 Å². The normalized spacial score (nSPS) is 12.5. The van der Waals surface area contributed by atoms with Crippen molar-refractivity contribution in [2.45, 2.75) is 59.8 Å². The fourth-order valence-electron chi connectivity index (χ4n) is 4.87. The zero-order valence-corrected chi connectivity index (χ0v) is 19.0. The minimum atomic E-state index is 0.736. The summed E-state index contributed by atoms with van der Waals surface area (Å²) in [6.07, 6.45) is 6.32. The van der Waals surface area contributed by atoms with Crippen molar-refractivity contribution in [3.63, 3.8) is 0 Å². The molecule has 4 aromatic carbocycles. The van der Waals surface area contributed by atoms with Gasteiger partial charge in [0, 0.05) is 0 Å². The van der Waals surface area contributed by atoms with Gasteiger partial charge in [-0.1, -0.05) is 117 Å². The fraction of sp³-hybridized carbons (Fsp3) is 0.333. The highest BCUT2D eigenvalue weighted by atomic mass is 14.2. The monoisotopic (exact) mass is 394 g/mol. The number of aryl methyl sites for hydroxylation is 2. The van der Waals surface area contributed by atoms with Crippen LogP contribution in [0.3, 0.4) is 0 Å². The van der Waals surface area contributed by atoms with Crippen LogP contribution in [0.5, 0.6) is 0 Å². The SMILES string of the molecule is CCCCC(CC)Cc1c(-c2ccc(C)cc2)c2cc(C)ccc2c2ccccc12. The molecule has 0 N–H and O–H groups in total. The molecule has 4 rings (SSSR count). The second-order valence-electron chi connectivity index (χ2n) is 8.93. The van der Waals surface area contributed by atoms with E-state index in [0.29, 0.717) is 0 Å². The van der Waals surface area contributed by atoms with Crippen molar-refractivity contribution in [2.75, 3.05) is 0 Å². The topological polar surface area (TPSA) is 0 Å². The van der Waals surface area contributed by atoms with Gasteiger partial charge >= 0.3 is 0 Å². The molecule has 0 saturated heterocycles. The lowest BCUT2D eigenvalue weighted by Crippen LogP contribution is -2.06. The van der Waals surface area contributed by atoms with Crippen molar-refractivity contribution in [3.05, 3.63) is 83.4 Å². The summed E-state index contributed by atoms with van der Waals surface area (Å²) < 4.78 is 0. The van der Waals surface area contributed by atoms with E-state index in [4.69, 9.17) is 0 Å². The van der Waals surface area contributed by atoms with Crippen LogP contribution in [0, 0.1) is 19.8 Å². The van der Waals surface area contributed by atoms with Crippen LogP contribution in [0.2, 0.25) is 0 Å². The molecule has 1 atom stereocenters. The molecule has 0 saturated carbocycles. The summed E-state index contributed by atoms with van der Waals surface area (Å²) >= 11 is 0. The number of fused-ring (bicyclic) bond motifs is 3. The molecule has 30 heavy (non-hydrogen) atoms. The van der Waals surface area contributed by atoms with Crippen molar-refractivity contribution in [3.8, 4) is 11.1 Å². The summed E-state index contributed by atoms with van der Waals surface area (Å²) in [7, 11) is 0. The van der Waals surface area contributed by atoms with E-state index in [9.17, 15) is 0 Å². The Morgan fingerprint density at radius 1 is 0.700 bits per heavy atom. The first kappa shape index (κ1) is 20.7. The van der Waals surface area contributed by atoms with Gasteiger partial charge in [0.05, 0.1) is 0 Å². The standard InChI is InChI=1S/C30H34/c1-5-7-10-23(6-2)20-29-26-12-9-8-11-25(26)27-18-15-22(4)19-28(27)30(29)24-16-13-21(3)14-17-24/h8-9,11-19,23H,5-7,10,20H2,1-4H3. The summed E-state index contributed by atoms with van der Waals surface area (Å²) in [6, 6.07) is 25.2. The van der Waals surface area contributed by atoms with Gasteiger partial charge in [0.25, 0.3) is 0 Å². The molecule has 0 aliphatic carbocycles. The summed E-state index contributed by atoms with van der Waals surface area (Å²) in [5, 5.41) is 5.60. The number of rotatable bonds is 7. The molecule has 0 aliphatic heterocycles. The molecule has 1 unspecified atom stereocenters. The lowest BCUT2D eigenvalue weighted by molar-refractivity contribution is 0.451. The first-order valence-electron chi connectivity index (χ1n) is 11.6. The zero-order chi connectivity index (χ0) is 21.1. The maximum absolute atomic E-state index is 2.40. The summed E-state index contributed by atoms with van der Waals surface area (Å²) in [5.74, 6) is 0.736. The lowest BCUT2D eigenvalue weighted by atomic mass is 9.82. The largest absolute Gasteiger partial charge is 0.0654 e. The van der Waals surface area contributed by atoms with Gasteiger partial charge in [-0.25, -0.2) is 0 Å².